The van der Waals surface area contributed by atoms with Crippen molar-refractivity contribution >= 4 is 11.9 Å². The number of benzene rings is 1. The van der Waals surface area contributed by atoms with Crippen molar-refractivity contribution in [2.75, 3.05) is 0 Å². The van der Waals surface area contributed by atoms with Crippen molar-refractivity contribution in [1.82, 2.24) is 0 Å². The summed E-state index contributed by atoms with van der Waals surface area (Å²) in [6, 6.07) is 3.35. The first kappa shape index (κ1) is 9.71. The van der Waals surface area contributed by atoms with Gasteiger partial charge in [-0.3, -0.25) is 4.99 Å². The van der Waals surface area contributed by atoms with Crippen LogP contribution in [0, 0.1) is 0 Å². The molecule has 1 unspecified atom stereocenters. The molecule has 1 aromatic rings. The summed E-state index contributed by atoms with van der Waals surface area (Å²) in [4.78, 5) is 4.38. The largest absolute Gasteiger partial charge is 0.508 e. The number of aliphatic imine (C=N–C) groups is 1. The van der Waals surface area contributed by atoms with Gasteiger partial charge in [0.15, 0.2) is 0 Å². The highest BCUT2D eigenvalue weighted by Gasteiger charge is 2.46. The second-order valence-corrected chi connectivity index (χ2v) is 4.71. The zero-order valence-corrected chi connectivity index (χ0v) is 9.63. The summed E-state index contributed by atoms with van der Waals surface area (Å²) in [5.74, 6) is 1.81. The van der Waals surface area contributed by atoms with Gasteiger partial charge in [0.05, 0.1) is 11.1 Å². The molecule has 0 saturated carbocycles. The molecule has 0 fully saturated rings. The van der Waals surface area contributed by atoms with Gasteiger partial charge in [-0.15, -0.1) is 0 Å². The maximum absolute atomic E-state index is 9.73. The van der Waals surface area contributed by atoms with Crippen LogP contribution in [0.2, 0.25) is 0 Å². The third-order valence-electron chi connectivity index (χ3n) is 3.68. The van der Waals surface area contributed by atoms with Crippen molar-refractivity contribution in [2.24, 2.45) is 4.99 Å². The second-order valence-electron chi connectivity index (χ2n) is 4.71. The molecule has 1 N–H and O–H groups in total. The van der Waals surface area contributed by atoms with Gasteiger partial charge in [0.1, 0.15) is 17.3 Å². The summed E-state index contributed by atoms with van der Waals surface area (Å²) in [5.41, 5.74) is 1.60. The van der Waals surface area contributed by atoms with E-state index in [1.807, 2.05) is 18.2 Å². The SMILES string of the molecule is Oc1cc2c3c(c1)OC1=CC=CCC13C=CC=N2. The highest BCUT2D eigenvalue weighted by Crippen LogP contribution is 2.55. The Hall–Kier alpha value is -2.29. The minimum absolute atomic E-state index is 0.185. The van der Waals surface area contributed by atoms with E-state index in [2.05, 4.69) is 17.1 Å². The van der Waals surface area contributed by atoms with E-state index in [0.717, 1.165) is 23.4 Å². The van der Waals surface area contributed by atoms with E-state index in [-0.39, 0.29) is 11.2 Å². The number of hydrogen-bond donors (Lipinski definition) is 1. The number of allylic oxidation sites excluding steroid dienone is 5. The molecule has 3 heteroatoms. The first-order valence-corrected chi connectivity index (χ1v) is 5.94. The fourth-order valence-electron chi connectivity index (χ4n) is 2.91. The smallest absolute Gasteiger partial charge is 0.137 e. The second kappa shape index (κ2) is 3.13. The van der Waals surface area contributed by atoms with Crippen LogP contribution in [0.1, 0.15) is 12.0 Å². The van der Waals surface area contributed by atoms with Crippen LogP contribution in [0.25, 0.3) is 0 Å². The zero-order valence-electron chi connectivity index (χ0n) is 9.63. The zero-order chi connectivity index (χ0) is 12.2. The molecule has 1 aliphatic carbocycles. The van der Waals surface area contributed by atoms with E-state index in [9.17, 15) is 5.11 Å². The Kier molecular flexibility index (Phi) is 1.69. The molecular weight excluding hydrogens is 226 g/mol. The molecule has 0 aromatic heterocycles. The van der Waals surface area contributed by atoms with E-state index in [1.165, 1.54) is 0 Å². The lowest BCUT2D eigenvalue weighted by atomic mass is 9.74. The van der Waals surface area contributed by atoms with Gasteiger partial charge >= 0.3 is 0 Å². The van der Waals surface area contributed by atoms with E-state index in [1.54, 1.807) is 18.3 Å². The topological polar surface area (TPSA) is 41.8 Å². The number of rotatable bonds is 0. The summed E-state index contributed by atoms with van der Waals surface area (Å²) in [6.07, 6.45) is 12.8. The number of phenols is 1. The van der Waals surface area contributed by atoms with Gasteiger partial charge in [0.2, 0.25) is 0 Å². The van der Waals surface area contributed by atoms with Crippen molar-refractivity contribution in [3.8, 4) is 11.5 Å². The lowest BCUT2D eigenvalue weighted by Crippen LogP contribution is -2.24. The van der Waals surface area contributed by atoms with Crippen molar-refractivity contribution < 1.29 is 9.84 Å². The molecule has 1 aromatic carbocycles. The van der Waals surface area contributed by atoms with Gasteiger partial charge in [0.25, 0.3) is 0 Å². The number of aromatic hydroxyl groups is 1. The molecule has 0 amide bonds. The maximum Gasteiger partial charge on any atom is 0.137 e. The normalized spacial score (nSPS) is 26.1. The van der Waals surface area contributed by atoms with Gasteiger partial charge in [0, 0.05) is 23.9 Å². The van der Waals surface area contributed by atoms with Crippen LogP contribution in [-0.2, 0) is 5.41 Å². The van der Waals surface area contributed by atoms with Gasteiger partial charge in [-0.1, -0.05) is 18.2 Å². The Morgan fingerprint density at radius 1 is 1.28 bits per heavy atom. The van der Waals surface area contributed by atoms with E-state index >= 15 is 0 Å². The molecule has 88 valence electrons. The fourth-order valence-corrected chi connectivity index (χ4v) is 2.91. The quantitative estimate of drug-likeness (QED) is 0.753. The van der Waals surface area contributed by atoms with Crippen molar-refractivity contribution in [1.29, 1.82) is 0 Å². The molecule has 18 heavy (non-hydrogen) atoms. The number of ether oxygens (including phenoxy) is 1. The van der Waals surface area contributed by atoms with Crippen molar-refractivity contribution in [3.05, 3.63) is 53.8 Å². The minimum atomic E-state index is -0.246. The van der Waals surface area contributed by atoms with E-state index in [4.69, 9.17) is 4.74 Å². The molecule has 1 atom stereocenters. The molecule has 0 bridgehead atoms. The molecule has 3 aliphatic rings. The summed E-state index contributed by atoms with van der Waals surface area (Å²) < 4.78 is 5.89. The van der Waals surface area contributed by atoms with Gasteiger partial charge in [-0.25, -0.2) is 0 Å². The standard InChI is InChI=1S/C15H11NO2/c17-10-8-11-14-12(9-10)18-13-4-1-2-5-15(13,14)6-3-7-16-11/h1-4,6-9,17H,5H2. The minimum Gasteiger partial charge on any atom is -0.508 e. The highest BCUT2D eigenvalue weighted by atomic mass is 16.5. The molecule has 1 spiro atoms. The molecule has 0 radical (unpaired) electrons. The number of nitrogens with zero attached hydrogens (tertiary/aromatic N) is 1. The highest BCUT2D eigenvalue weighted by molar-refractivity contribution is 5.82. The molecule has 0 saturated heterocycles. The van der Waals surface area contributed by atoms with Crippen LogP contribution in [0.5, 0.6) is 11.5 Å². The van der Waals surface area contributed by atoms with Gasteiger partial charge in [-0.2, -0.15) is 0 Å². The molecule has 4 rings (SSSR count). The third-order valence-corrected chi connectivity index (χ3v) is 3.68. The summed E-state index contributed by atoms with van der Waals surface area (Å²) in [6.45, 7) is 0. The van der Waals surface area contributed by atoms with Gasteiger partial charge < -0.3 is 9.84 Å². The van der Waals surface area contributed by atoms with Gasteiger partial charge in [-0.05, 0) is 18.6 Å². The number of phenolic OH excluding ortho intramolecular Hbond substituents is 1. The average molecular weight is 237 g/mol. The monoisotopic (exact) mass is 237 g/mol. The predicted molar refractivity (Wildman–Crippen MR) is 69.5 cm³/mol. The lowest BCUT2D eigenvalue weighted by Gasteiger charge is -2.26. The fraction of sp³-hybridized carbons (Fsp3) is 0.133. The van der Waals surface area contributed by atoms with Crippen LogP contribution < -0.4 is 4.74 Å². The predicted octanol–water partition coefficient (Wildman–Crippen LogP) is 3.14. The molecule has 3 nitrogen and oxygen atoms in total. The summed E-state index contributed by atoms with van der Waals surface area (Å²) in [5, 5.41) is 9.73. The van der Waals surface area contributed by atoms with Crippen LogP contribution in [0.15, 0.2) is 53.3 Å². The third kappa shape index (κ3) is 1.06. The Morgan fingerprint density at radius 2 is 2.22 bits per heavy atom. The lowest BCUT2D eigenvalue weighted by molar-refractivity contribution is 0.393. The van der Waals surface area contributed by atoms with E-state index in [0.29, 0.717) is 5.75 Å². The first-order chi connectivity index (χ1) is 8.79. The Bertz CT molecular complexity index is 667. The maximum atomic E-state index is 9.73. The van der Waals surface area contributed by atoms with Crippen molar-refractivity contribution in [2.45, 2.75) is 11.8 Å². The first-order valence-electron chi connectivity index (χ1n) is 5.94. The van der Waals surface area contributed by atoms with Crippen LogP contribution in [0.3, 0.4) is 0 Å². The summed E-state index contributed by atoms with van der Waals surface area (Å²) >= 11 is 0. The van der Waals surface area contributed by atoms with Crippen LogP contribution in [0.4, 0.5) is 5.69 Å². The summed E-state index contributed by atoms with van der Waals surface area (Å²) in [7, 11) is 0. The number of hydrogen-bond acceptors (Lipinski definition) is 3. The molecular formula is C15H11NO2. The van der Waals surface area contributed by atoms with Crippen molar-refractivity contribution in [3.63, 3.8) is 0 Å². The average Bonchev–Trinajstić information content (AvgIpc) is 2.57. The Morgan fingerprint density at radius 3 is 3.17 bits per heavy atom. The van der Waals surface area contributed by atoms with Crippen LogP contribution in [-0.4, -0.2) is 11.3 Å². The molecule has 2 heterocycles. The molecule has 2 aliphatic heterocycles. The van der Waals surface area contributed by atoms with E-state index < -0.39 is 0 Å². The Balaban J connectivity index is 2.09. The Labute approximate surface area is 104 Å². The van der Waals surface area contributed by atoms with Crippen LogP contribution >= 0.6 is 0 Å².